The summed E-state index contributed by atoms with van der Waals surface area (Å²) < 4.78 is 0. The normalized spacial score (nSPS) is 17.9. The van der Waals surface area contributed by atoms with E-state index in [1.54, 1.807) is 6.92 Å². The molecule has 6 heteroatoms. The van der Waals surface area contributed by atoms with Crippen molar-refractivity contribution in [2.24, 2.45) is 15.9 Å². The van der Waals surface area contributed by atoms with Crippen molar-refractivity contribution in [1.82, 2.24) is 10.9 Å². The van der Waals surface area contributed by atoms with Gasteiger partial charge in [0.2, 0.25) is 5.96 Å². The van der Waals surface area contributed by atoms with Gasteiger partial charge in [-0.15, -0.1) is 10.2 Å². The van der Waals surface area contributed by atoms with Crippen LogP contribution in [0.5, 0.6) is 0 Å². The van der Waals surface area contributed by atoms with E-state index in [4.69, 9.17) is 5.73 Å². The van der Waals surface area contributed by atoms with Gasteiger partial charge in [0.05, 0.1) is 0 Å². The zero-order valence-electron chi connectivity index (χ0n) is 5.38. The molecule has 0 unspecified atom stereocenters. The van der Waals surface area contributed by atoms with E-state index in [0.717, 1.165) is 0 Å². The molecule has 0 radical (unpaired) electrons. The number of amides is 1. The number of carbonyl (C=O) groups excluding carboxylic acids is 1. The van der Waals surface area contributed by atoms with E-state index in [9.17, 15) is 4.79 Å². The minimum absolute atomic E-state index is 0.0743. The number of nitrogens with two attached hydrogens (primary N) is 1. The molecule has 0 atom stereocenters. The van der Waals surface area contributed by atoms with Gasteiger partial charge in [-0.05, 0) is 6.92 Å². The molecule has 0 fully saturated rings. The second-order valence-corrected chi connectivity index (χ2v) is 1.75. The van der Waals surface area contributed by atoms with Gasteiger partial charge in [0.15, 0.2) is 0 Å². The summed E-state index contributed by atoms with van der Waals surface area (Å²) in [5, 5.41) is 6.93. The molecule has 0 saturated carbocycles. The Morgan fingerprint density at radius 2 is 2.10 bits per heavy atom. The van der Waals surface area contributed by atoms with Crippen LogP contribution in [0.2, 0.25) is 0 Å². The van der Waals surface area contributed by atoms with Crippen LogP contribution in [0.25, 0.3) is 0 Å². The molecule has 1 aliphatic heterocycles. The minimum atomic E-state index is -0.329. The van der Waals surface area contributed by atoms with E-state index in [0.29, 0.717) is 0 Å². The van der Waals surface area contributed by atoms with E-state index >= 15 is 0 Å². The largest absolute Gasteiger partial charge is 0.367 e. The van der Waals surface area contributed by atoms with Gasteiger partial charge in [-0.1, -0.05) is 0 Å². The van der Waals surface area contributed by atoms with E-state index < -0.39 is 0 Å². The van der Waals surface area contributed by atoms with Crippen molar-refractivity contribution in [2.45, 2.75) is 6.92 Å². The molecule has 0 aromatic rings. The highest BCUT2D eigenvalue weighted by atomic mass is 16.2. The summed E-state index contributed by atoms with van der Waals surface area (Å²) in [6.45, 7) is 1.54. The first-order chi connectivity index (χ1) is 4.70. The van der Waals surface area contributed by atoms with E-state index in [1.165, 1.54) is 0 Å². The molecule has 54 valence electrons. The summed E-state index contributed by atoms with van der Waals surface area (Å²) in [6, 6.07) is 0. The number of nitrogens with one attached hydrogen (secondary N) is 2. The van der Waals surface area contributed by atoms with Crippen LogP contribution in [0.4, 0.5) is 0 Å². The molecule has 0 aliphatic carbocycles. The summed E-state index contributed by atoms with van der Waals surface area (Å²) in [5.41, 5.74) is 10.1. The van der Waals surface area contributed by atoms with Gasteiger partial charge in [-0.2, -0.15) is 0 Å². The van der Waals surface area contributed by atoms with Crippen molar-refractivity contribution < 1.29 is 4.79 Å². The first kappa shape index (κ1) is 6.53. The molecule has 1 heterocycles. The molecule has 4 N–H and O–H groups in total. The maximum absolute atomic E-state index is 10.7. The highest BCUT2D eigenvalue weighted by molar-refractivity contribution is 6.38. The molecule has 0 aromatic heterocycles. The monoisotopic (exact) mass is 141 g/mol. The topological polar surface area (TPSA) is 91.9 Å². The highest BCUT2D eigenvalue weighted by Crippen LogP contribution is 1.82. The molecule has 0 aromatic carbocycles. The third-order valence-electron chi connectivity index (χ3n) is 0.940. The van der Waals surface area contributed by atoms with Crippen LogP contribution in [0.15, 0.2) is 10.2 Å². The average molecular weight is 141 g/mol. The Kier molecular flexibility index (Phi) is 1.53. The van der Waals surface area contributed by atoms with Crippen molar-refractivity contribution in [1.29, 1.82) is 0 Å². The molecule has 1 aliphatic rings. The highest BCUT2D eigenvalue weighted by Gasteiger charge is 2.07. The number of guanidine groups is 1. The number of hydrazine groups is 1. The lowest BCUT2D eigenvalue weighted by Gasteiger charge is -2.00. The van der Waals surface area contributed by atoms with Crippen molar-refractivity contribution in [3.63, 3.8) is 0 Å². The summed E-state index contributed by atoms with van der Waals surface area (Å²) >= 11 is 0. The molecule has 10 heavy (non-hydrogen) atoms. The zero-order chi connectivity index (χ0) is 7.56. The first-order valence-corrected chi connectivity index (χ1v) is 2.64. The Balaban J connectivity index is 2.80. The SMILES string of the molecule is CC1=NN=C(N)NNC1=O. The average Bonchev–Trinajstić information content (AvgIpc) is 2.04. The van der Waals surface area contributed by atoms with Crippen LogP contribution >= 0.6 is 0 Å². The zero-order valence-corrected chi connectivity index (χ0v) is 5.38. The number of nitrogens with zero attached hydrogens (tertiary/aromatic N) is 2. The smallest absolute Gasteiger partial charge is 0.285 e. The predicted molar refractivity (Wildman–Crippen MR) is 36.0 cm³/mol. The Hall–Kier alpha value is -1.59. The van der Waals surface area contributed by atoms with Crippen LogP contribution in [-0.2, 0) is 4.79 Å². The van der Waals surface area contributed by atoms with Gasteiger partial charge < -0.3 is 5.73 Å². The molecular formula is C4H7N5O. The molecule has 1 amide bonds. The molecule has 1 rings (SSSR count). The van der Waals surface area contributed by atoms with Crippen LogP contribution in [0.3, 0.4) is 0 Å². The van der Waals surface area contributed by atoms with Crippen molar-refractivity contribution in [3.8, 4) is 0 Å². The van der Waals surface area contributed by atoms with Gasteiger partial charge >= 0.3 is 0 Å². The van der Waals surface area contributed by atoms with Crippen molar-refractivity contribution >= 4 is 17.6 Å². The van der Waals surface area contributed by atoms with Gasteiger partial charge in [0.1, 0.15) is 5.71 Å². The summed E-state index contributed by atoms with van der Waals surface area (Å²) in [7, 11) is 0. The minimum Gasteiger partial charge on any atom is -0.367 e. The van der Waals surface area contributed by atoms with Crippen LogP contribution in [0.1, 0.15) is 6.92 Å². The predicted octanol–water partition coefficient (Wildman–Crippen LogP) is -1.69. The Labute approximate surface area is 57.2 Å². The van der Waals surface area contributed by atoms with E-state index in [-0.39, 0.29) is 17.6 Å². The first-order valence-electron chi connectivity index (χ1n) is 2.64. The molecule has 0 saturated heterocycles. The summed E-state index contributed by atoms with van der Waals surface area (Å²) in [5.74, 6) is -0.255. The van der Waals surface area contributed by atoms with E-state index in [2.05, 4.69) is 21.1 Å². The van der Waals surface area contributed by atoms with Gasteiger partial charge in [0.25, 0.3) is 5.91 Å². The number of hydrogen-bond acceptors (Lipinski definition) is 5. The molecule has 0 bridgehead atoms. The van der Waals surface area contributed by atoms with Crippen molar-refractivity contribution in [2.75, 3.05) is 0 Å². The Morgan fingerprint density at radius 3 is 2.80 bits per heavy atom. The third kappa shape index (κ3) is 1.22. The summed E-state index contributed by atoms with van der Waals surface area (Å²) in [6.07, 6.45) is 0. The lowest BCUT2D eigenvalue weighted by molar-refractivity contribution is -0.115. The van der Waals surface area contributed by atoms with Crippen LogP contribution < -0.4 is 16.6 Å². The lowest BCUT2D eigenvalue weighted by atomic mass is 10.4. The van der Waals surface area contributed by atoms with Crippen LogP contribution in [0, 0.1) is 0 Å². The Bertz CT molecular complexity index is 218. The maximum atomic E-state index is 10.7. The molecular weight excluding hydrogens is 134 g/mol. The Morgan fingerprint density at radius 1 is 1.40 bits per heavy atom. The molecule has 0 spiro atoms. The fourth-order valence-corrected chi connectivity index (χ4v) is 0.411. The summed E-state index contributed by atoms with van der Waals surface area (Å²) in [4.78, 5) is 10.7. The maximum Gasteiger partial charge on any atom is 0.285 e. The standard InChI is InChI=1S/C4H7N5O/c1-2-3(10)7-9-4(5)8-6-2/h1H3,(H,7,10)(H3,5,8,9). The van der Waals surface area contributed by atoms with Crippen molar-refractivity contribution in [3.05, 3.63) is 0 Å². The number of rotatable bonds is 0. The second-order valence-electron chi connectivity index (χ2n) is 1.75. The lowest BCUT2D eigenvalue weighted by Crippen LogP contribution is -2.45. The second kappa shape index (κ2) is 2.34. The quantitative estimate of drug-likeness (QED) is 0.376. The van der Waals surface area contributed by atoms with Gasteiger partial charge in [0, 0.05) is 0 Å². The van der Waals surface area contributed by atoms with Gasteiger partial charge in [-0.25, -0.2) is 0 Å². The number of carbonyl (C=O) groups is 1. The fourth-order valence-electron chi connectivity index (χ4n) is 0.411. The molecule has 6 nitrogen and oxygen atoms in total. The fraction of sp³-hybridized carbons (Fsp3) is 0.250. The van der Waals surface area contributed by atoms with Gasteiger partial charge in [-0.3, -0.25) is 15.6 Å². The number of hydrogen-bond donors (Lipinski definition) is 3. The third-order valence-corrected chi connectivity index (χ3v) is 0.940. The van der Waals surface area contributed by atoms with E-state index in [1.807, 2.05) is 0 Å². The van der Waals surface area contributed by atoms with Crippen LogP contribution in [-0.4, -0.2) is 17.6 Å².